The summed E-state index contributed by atoms with van der Waals surface area (Å²) in [5.74, 6) is 2.47. The number of carbonyl (C=O) groups excluding carboxylic acids is 1. The van der Waals surface area contributed by atoms with E-state index in [1.807, 2.05) is 29.8 Å². The first-order valence-electron chi connectivity index (χ1n) is 9.14. The van der Waals surface area contributed by atoms with E-state index in [1.54, 1.807) is 36.9 Å². The minimum absolute atomic E-state index is 0.0943. The minimum Gasteiger partial charge on any atom is -0.352 e. The van der Waals surface area contributed by atoms with E-state index in [2.05, 4.69) is 30.4 Å². The van der Waals surface area contributed by atoms with Gasteiger partial charge in [0.1, 0.15) is 11.6 Å². The van der Waals surface area contributed by atoms with Gasteiger partial charge in [0.05, 0.1) is 0 Å². The molecule has 0 bridgehead atoms. The molecule has 0 atom stereocenters. The van der Waals surface area contributed by atoms with Crippen LogP contribution < -0.4 is 5.32 Å². The zero-order valence-electron chi connectivity index (χ0n) is 15.8. The van der Waals surface area contributed by atoms with Crippen molar-refractivity contribution in [3.05, 3.63) is 72.5 Å². The Morgan fingerprint density at radius 2 is 2.00 bits per heavy atom. The van der Waals surface area contributed by atoms with Crippen molar-refractivity contribution in [3.63, 3.8) is 0 Å². The van der Waals surface area contributed by atoms with Crippen LogP contribution in [0.4, 0.5) is 0 Å². The maximum Gasteiger partial charge on any atom is 0.227 e. The lowest BCUT2D eigenvalue weighted by Gasteiger charge is -2.07. The van der Waals surface area contributed by atoms with Crippen LogP contribution in [0.1, 0.15) is 23.7 Å². The molecule has 9 nitrogen and oxygen atoms in total. The fraction of sp³-hybridized carbons (Fsp3) is 0.200. The molecule has 0 saturated carbocycles. The van der Waals surface area contributed by atoms with Gasteiger partial charge in [-0.3, -0.25) is 14.3 Å². The van der Waals surface area contributed by atoms with Crippen molar-refractivity contribution < 1.29 is 9.32 Å². The van der Waals surface area contributed by atoms with Crippen LogP contribution in [-0.4, -0.2) is 35.6 Å². The first kappa shape index (κ1) is 18.5. The molecular weight excluding hydrogens is 370 g/mol. The molecule has 1 N–H and O–H groups in total. The lowest BCUT2D eigenvalue weighted by molar-refractivity contribution is -0.121. The normalized spacial score (nSPS) is 10.8. The number of hydrogen-bond acceptors (Lipinski definition) is 7. The summed E-state index contributed by atoms with van der Waals surface area (Å²) in [5, 5.41) is 6.81. The Bertz CT molecular complexity index is 1090. The number of nitrogens with one attached hydrogen (secondary N) is 1. The third kappa shape index (κ3) is 4.52. The van der Waals surface area contributed by atoms with Crippen LogP contribution in [0.15, 0.2) is 59.8 Å². The van der Waals surface area contributed by atoms with E-state index in [-0.39, 0.29) is 12.3 Å². The molecule has 146 valence electrons. The first-order valence-corrected chi connectivity index (χ1v) is 9.14. The molecule has 0 aliphatic rings. The van der Waals surface area contributed by atoms with Gasteiger partial charge in [-0.15, -0.1) is 0 Å². The second-order valence-electron chi connectivity index (χ2n) is 6.39. The second-order valence-corrected chi connectivity index (χ2v) is 6.39. The molecule has 0 aromatic carbocycles. The maximum absolute atomic E-state index is 12.1. The molecule has 9 heteroatoms. The van der Waals surface area contributed by atoms with Crippen LogP contribution in [0, 0.1) is 6.92 Å². The van der Waals surface area contributed by atoms with Gasteiger partial charge >= 0.3 is 0 Å². The molecular formula is C20H19N7O2. The predicted molar refractivity (Wildman–Crippen MR) is 104 cm³/mol. The number of hydrogen-bond donors (Lipinski definition) is 1. The number of amides is 1. The van der Waals surface area contributed by atoms with E-state index in [0.717, 1.165) is 22.8 Å². The molecule has 0 aliphatic heterocycles. The molecule has 0 spiro atoms. The lowest BCUT2D eigenvalue weighted by Crippen LogP contribution is -2.23. The number of rotatable bonds is 7. The number of pyridine rings is 2. The molecule has 0 fully saturated rings. The van der Waals surface area contributed by atoms with E-state index < -0.39 is 0 Å². The Balaban J connectivity index is 1.26. The molecule has 4 aromatic rings. The summed E-state index contributed by atoms with van der Waals surface area (Å²) in [6, 6.07) is 7.43. The molecule has 1 amide bonds. The lowest BCUT2D eigenvalue weighted by atomic mass is 10.2. The van der Waals surface area contributed by atoms with Crippen molar-refractivity contribution in [3.8, 4) is 17.2 Å². The van der Waals surface area contributed by atoms with E-state index in [0.29, 0.717) is 24.7 Å². The van der Waals surface area contributed by atoms with Crippen molar-refractivity contribution in [2.24, 2.45) is 0 Å². The highest BCUT2D eigenvalue weighted by Crippen LogP contribution is 2.14. The van der Waals surface area contributed by atoms with Crippen LogP contribution in [0.5, 0.6) is 0 Å². The number of carbonyl (C=O) groups is 1. The SMILES string of the molecule is Cc1nccn1-c1ccc(CNC(=O)CCc2nc(-c3ccncc3)no2)cn1. The molecule has 29 heavy (non-hydrogen) atoms. The molecule has 0 saturated heterocycles. The number of nitrogens with zero attached hydrogens (tertiary/aromatic N) is 6. The van der Waals surface area contributed by atoms with Crippen molar-refractivity contribution in [1.82, 2.24) is 35.0 Å². The third-order valence-corrected chi connectivity index (χ3v) is 4.34. The summed E-state index contributed by atoms with van der Waals surface area (Å²) < 4.78 is 7.11. The van der Waals surface area contributed by atoms with Gasteiger partial charge in [0.15, 0.2) is 0 Å². The summed E-state index contributed by atoms with van der Waals surface area (Å²) >= 11 is 0. The average Bonchev–Trinajstić information content (AvgIpc) is 3.41. The minimum atomic E-state index is -0.0943. The van der Waals surface area contributed by atoms with Crippen molar-refractivity contribution in [1.29, 1.82) is 0 Å². The molecule has 0 aliphatic carbocycles. The summed E-state index contributed by atoms with van der Waals surface area (Å²) in [4.78, 5) is 29.0. The Morgan fingerprint density at radius 3 is 2.72 bits per heavy atom. The zero-order valence-corrected chi connectivity index (χ0v) is 15.8. The van der Waals surface area contributed by atoms with Crippen molar-refractivity contribution >= 4 is 5.91 Å². The summed E-state index contributed by atoms with van der Waals surface area (Å²) in [7, 11) is 0. The maximum atomic E-state index is 12.1. The predicted octanol–water partition coefficient (Wildman–Crippen LogP) is 2.27. The summed E-state index contributed by atoms with van der Waals surface area (Å²) in [6.45, 7) is 2.32. The van der Waals surface area contributed by atoms with Crippen molar-refractivity contribution in [2.45, 2.75) is 26.3 Å². The third-order valence-electron chi connectivity index (χ3n) is 4.34. The molecule has 0 unspecified atom stereocenters. The Kier molecular flexibility index (Phi) is 5.37. The van der Waals surface area contributed by atoms with Gasteiger partial charge in [0, 0.05) is 55.9 Å². The van der Waals surface area contributed by atoms with Gasteiger partial charge in [-0.1, -0.05) is 11.2 Å². The van der Waals surface area contributed by atoms with E-state index in [9.17, 15) is 4.79 Å². The molecule has 0 radical (unpaired) electrons. The monoisotopic (exact) mass is 389 g/mol. The summed E-state index contributed by atoms with van der Waals surface area (Å²) in [5.41, 5.74) is 1.74. The van der Waals surface area contributed by atoms with Gasteiger partial charge in [0.25, 0.3) is 0 Å². The molecule has 4 heterocycles. The smallest absolute Gasteiger partial charge is 0.227 e. The standard InChI is InChI=1S/C20H19N7O2/c1-14-22-10-11-27(14)17-3-2-15(12-23-17)13-24-18(28)4-5-19-25-20(26-29-19)16-6-8-21-9-7-16/h2-3,6-12H,4-5,13H2,1H3,(H,24,28). The highest BCUT2D eigenvalue weighted by atomic mass is 16.5. The van der Waals surface area contributed by atoms with Crippen LogP contribution in [0.2, 0.25) is 0 Å². The Labute approximate surface area is 166 Å². The second kappa shape index (κ2) is 8.42. The largest absolute Gasteiger partial charge is 0.352 e. The van der Waals surface area contributed by atoms with E-state index in [1.165, 1.54) is 0 Å². The fourth-order valence-electron chi connectivity index (χ4n) is 2.77. The van der Waals surface area contributed by atoms with E-state index >= 15 is 0 Å². The van der Waals surface area contributed by atoms with Crippen molar-refractivity contribution in [2.75, 3.05) is 0 Å². The van der Waals surface area contributed by atoms with Gasteiger partial charge in [-0.25, -0.2) is 9.97 Å². The van der Waals surface area contributed by atoms with Gasteiger partial charge in [-0.05, 0) is 30.7 Å². The highest BCUT2D eigenvalue weighted by Gasteiger charge is 2.11. The quantitative estimate of drug-likeness (QED) is 0.516. The first-order chi connectivity index (χ1) is 14.2. The highest BCUT2D eigenvalue weighted by molar-refractivity contribution is 5.76. The Hall–Kier alpha value is -3.88. The van der Waals surface area contributed by atoms with Crippen LogP contribution in [0.25, 0.3) is 17.2 Å². The van der Waals surface area contributed by atoms with Crippen LogP contribution in [0.3, 0.4) is 0 Å². The van der Waals surface area contributed by atoms with Gasteiger partial charge < -0.3 is 9.84 Å². The molecule has 4 rings (SSSR count). The average molecular weight is 389 g/mol. The topological polar surface area (TPSA) is 112 Å². The zero-order chi connectivity index (χ0) is 20.1. The van der Waals surface area contributed by atoms with Crippen LogP contribution in [-0.2, 0) is 17.8 Å². The Morgan fingerprint density at radius 1 is 1.14 bits per heavy atom. The molecule has 4 aromatic heterocycles. The van der Waals surface area contributed by atoms with Crippen LogP contribution >= 0.6 is 0 Å². The van der Waals surface area contributed by atoms with E-state index in [4.69, 9.17) is 4.52 Å². The fourth-order valence-corrected chi connectivity index (χ4v) is 2.77. The van der Waals surface area contributed by atoms with Gasteiger partial charge in [0.2, 0.25) is 17.6 Å². The number of imidazole rings is 1. The summed E-state index contributed by atoms with van der Waals surface area (Å²) in [6.07, 6.45) is 9.30. The van der Waals surface area contributed by atoms with Gasteiger partial charge in [-0.2, -0.15) is 4.98 Å². The number of aryl methyl sites for hydroxylation is 2. The number of aromatic nitrogens is 6.